The normalized spacial score (nSPS) is 12.4. The summed E-state index contributed by atoms with van der Waals surface area (Å²) in [6.07, 6.45) is 0. The Hall–Kier alpha value is -0.830. The summed E-state index contributed by atoms with van der Waals surface area (Å²) in [5.41, 5.74) is 3.81. The molecular weight excluding hydrogens is 322 g/mol. The van der Waals surface area contributed by atoms with Gasteiger partial charge in [0, 0.05) is 17.1 Å². The number of nitrogens with one attached hydrogen (secondary N) is 1. The quantitative estimate of drug-likeness (QED) is 0.801. The Morgan fingerprint density at radius 2 is 1.84 bits per heavy atom. The van der Waals surface area contributed by atoms with E-state index in [4.69, 9.17) is 11.6 Å². The van der Waals surface area contributed by atoms with Gasteiger partial charge in [0.15, 0.2) is 0 Å². The zero-order valence-corrected chi connectivity index (χ0v) is 13.4. The van der Waals surface area contributed by atoms with Crippen molar-refractivity contribution in [3.63, 3.8) is 0 Å². The van der Waals surface area contributed by atoms with Gasteiger partial charge in [0.2, 0.25) is 0 Å². The fraction of sp³-hybridized carbons (Fsp3) is 0.250. The Balaban J connectivity index is 1.98. The van der Waals surface area contributed by atoms with E-state index in [-0.39, 0.29) is 0 Å². The first-order valence-electron chi connectivity index (χ1n) is 6.30. The minimum atomic E-state index is 0.329. The van der Waals surface area contributed by atoms with Crippen LogP contribution in [0.4, 0.5) is 0 Å². The summed E-state index contributed by atoms with van der Waals surface area (Å²) < 4.78 is 0.941. The molecular formula is C16H17BrClN. The molecule has 0 amide bonds. The standard InChI is InChI=1S/C16H17BrClN/c1-11-3-6-14(7-4-11)12(2)19-10-13-5-8-16(18)15(17)9-13/h3-9,12,19H,10H2,1-2H3/t12-/m0/s1. The van der Waals surface area contributed by atoms with Crippen molar-refractivity contribution >= 4 is 27.5 Å². The molecule has 100 valence electrons. The van der Waals surface area contributed by atoms with E-state index in [1.807, 2.05) is 12.1 Å². The number of aryl methyl sites for hydroxylation is 1. The van der Waals surface area contributed by atoms with Crippen LogP contribution in [0.3, 0.4) is 0 Å². The molecule has 0 aromatic heterocycles. The van der Waals surface area contributed by atoms with Crippen LogP contribution in [0, 0.1) is 6.92 Å². The first kappa shape index (κ1) is 14.6. The van der Waals surface area contributed by atoms with E-state index in [0.29, 0.717) is 6.04 Å². The van der Waals surface area contributed by atoms with E-state index in [9.17, 15) is 0 Å². The Morgan fingerprint density at radius 1 is 1.16 bits per heavy atom. The molecule has 2 aromatic carbocycles. The lowest BCUT2D eigenvalue weighted by atomic mass is 10.1. The first-order valence-corrected chi connectivity index (χ1v) is 7.47. The van der Waals surface area contributed by atoms with Crippen molar-refractivity contribution in [3.05, 3.63) is 68.7 Å². The fourth-order valence-corrected chi connectivity index (χ4v) is 2.44. The van der Waals surface area contributed by atoms with Crippen molar-refractivity contribution < 1.29 is 0 Å². The SMILES string of the molecule is Cc1ccc([C@H](C)NCc2ccc(Cl)c(Br)c2)cc1. The smallest absolute Gasteiger partial charge is 0.0548 e. The highest BCUT2D eigenvalue weighted by molar-refractivity contribution is 9.10. The molecule has 1 N–H and O–H groups in total. The molecule has 0 heterocycles. The van der Waals surface area contributed by atoms with Crippen LogP contribution in [0.15, 0.2) is 46.9 Å². The van der Waals surface area contributed by atoms with Gasteiger partial charge in [-0.25, -0.2) is 0 Å². The van der Waals surface area contributed by atoms with Crippen LogP contribution in [0.5, 0.6) is 0 Å². The molecule has 3 heteroatoms. The molecule has 2 aromatic rings. The Kier molecular flexibility index (Phi) is 5.03. The van der Waals surface area contributed by atoms with E-state index >= 15 is 0 Å². The summed E-state index contributed by atoms with van der Waals surface area (Å²) in [5.74, 6) is 0. The van der Waals surface area contributed by atoms with E-state index in [2.05, 4.69) is 65.4 Å². The number of hydrogen-bond acceptors (Lipinski definition) is 1. The highest BCUT2D eigenvalue weighted by atomic mass is 79.9. The molecule has 2 rings (SSSR count). The number of hydrogen-bond donors (Lipinski definition) is 1. The summed E-state index contributed by atoms with van der Waals surface area (Å²) >= 11 is 9.43. The monoisotopic (exact) mass is 337 g/mol. The van der Waals surface area contributed by atoms with Crippen LogP contribution in [-0.4, -0.2) is 0 Å². The molecule has 19 heavy (non-hydrogen) atoms. The van der Waals surface area contributed by atoms with Gasteiger partial charge in [-0.1, -0.05) is 47.5 Å². The topological polar surface area (TPSA) is 12.0 Å². The van der Waals surface area contributed by atoms with Crippen LogP contribution in [0.25, 0.3) is 0 Å². The molecule has 0 saturated carbocycles. The third-order valence-corrected chi connectivity index (χ3v) is 4.39. The Morgan fingerprint density at radius 3 is 2.47 bits per heavy atom. The van der Waals surface area contributed by atoms with Crippen molar-refractivity contribution in [2.75, 3.05) is 0 Å². The van der Waals surface area contributed by atoms with Crippen molar-refractivity contribution in [1.82, 2.24) is 5.32 Å². The summed E-state index contributed by atoms with van der Waals surface area (Å²) in [4.78, 5) is 0. The van der Waals surface area contributed by atoms with E-state index in [0.717, 1.165) is 16.0 Å². The zero-order chi connectivity index (χ0) is 13.8. The molecule has 1 nitrogen and oxygen atoms in total. The van der Waals surface area contributed by atoms with Crippen molar-refractivity contribution in [2.45, 2.75) is 26.4 Å². The highest BCUT2D eigenvalue weighted by Crippen LogP contribution is 2.23. The van der Waals surface area contributed by atoms with Crippen LogP contribution in [-0.2, 0) is 6.54 Å². The lowest BCUT2D eigenvalue weighted by molar-refractivity contribution is 0.574. The molecule has 0 spiro atoms. The van der Waals surface area contributed by atoms with E-state index in [1.165, 1.54) is 16.7 Å². The second-order valence-corrected chi connectivity index (χ2v) is 6.02. The minimum absolute atomic E-state index is 0.329. The van der Waals surface area contributed by atoms with Gasteiger partial charge < -0.3 is 5.32 Å². The van der Waals surface area contributed by atoms with Gasteiger partial charge in [0.25, 0.3) is 0 Å². The molecule has 0 bridgehead atoms. The zero-order valence-electron chi connectivity index (χ0n) is 11.1. The van der Waals surface area contributed by atoms with Gasteiger partial charge in [-0.05, 0) is 53.0 Å². The maximum absolute atomic E-state index is 5.99. The molecule has 0 aliphatic heterocycles. The van der Waals surface area contributed by atoms with Crippen molar-refractivity contribution in [2.24, 2.45) is 0 Å². The Bertz CT molecular complexity index is 551. The number of benzene rings is 2. The molecule has 0 saturated heterocycles. The van der Waals surface area contributed by atoms with Crippen molar-refractivity contribution in [1.29, 1.82) is 0 Å². The maximum Gasteiger partial charge on any atom is 0.0548 e. The van der Waals surface area contributed by atoms with E-state index < -0.39 is 0 Å². The van der Waals surface area contributed by atoms with Gasteiger partial charge in [0.1, 0.15) is 0 Å². The summed E-state index contributed by atoms with van der Waals surface area (Å²) in [6.45, 7) is 5.10. The van der Waals surface area contributed by atoms with Crippen molar-refractivity contribution in [3.8, 4) is 0 Å². The first-order chi connectivity index (χ1) is 9.06. The highest BCUT2D eigenvalue weighted by Gasteiger charge is 2.05. The largest absolute Gasteiger partial charge is 0.306 e. The second-order valence-electron chi connectivity index (χ2n) is 4.76. The third kappa shape index (κ3) is 4.07. The minimum Gasteiger partial charge on any atom is -0.306 e. The second kappa shape index (κ2) is 6.56. The lowest BCUT2D eigenvalue weighted by Crippen LogP contribution is -2.18. The predicted molar refractivity (Wildman–Crippen MR) is 85.6 cm³/mol. The average Bonchev–Trinajstić information content (AvgIpc) is 2.40. The summed E-state index contributed by atoms with van der Waals surface area (Å²) in [7, 11) is 0. The van der Waals surface area contributed by atoms with Crippen LogP contribution in [0.1, 0.15) is 29.7 Å². The maximum atomic E-state index is 5.99. The molecule has 0 aliphatic carbocycles. The van der Waals surface area contributed by atoms with Gasteiger partial charge in [0.05, 0.1) is 5.02 Å². The summed E-state index contributed by atoms with van der Waals surface area (Å²) in [5, 5.41) is 4.26. The van der Waals surface area contributed by atoms with Crippen LogP contribution < -0.4 is 5.32 Å². The molecule has 0 unspecified atom stereocenters. The molecule has 0 radical (unpaired) electrons. The predicted octanol–water partition coefficient (Wildman–Crippen LogP) is 5.26. The summed E-state index contributed by atoms with van der Waals surface area (Å²) in [6, 6.07) is 15.0. The molecule has 0 aliphatic rings. The fourth-order valence-electron chi connectivity index (χ4n) is 1.89. The van der Waals surface area contributed by atoms with Gasteiger partial charge in [-0.15, -0.1) is 0 Å². The Labute approximate surface area is 128 Å². The third-order valence-electron chi connectivity index (χ3n) is 3.17. The van der Waals surface area contributed by atoms with Gasteiger partial charge in [-0.3, -0.25) is 0 Å². The lowest BCUT2D eigenvalue weighted by Gasteiger charge is -2.15. The van der Waals surface area contributed by atoms with Crippen LogP contribution in [0.2, 0.25) is 5.02 Å². The average molecular weight is 339 g/mol. The van der Waals surface area contributed by atoms with Gasteiger partial charge in [-0.2, -0.15) is 0 Å². The van der Waals surface area contributed by atoms with Crippen LogP contribution >= 0.6 is 27.5 Å². The van der Waals surface area contributed by atoms with E-state index in [1.54, 1.807) is 0 Å². The number of halogens is 2. The molecule has 1 atom stereocenters. The van der Waals surface area contributed by atoms with Gasteiger partial charge >= 0.3 is 0 Å². The number of rotatable bonds is 4. The molecule has 0 fully saturated rings.